The van der Waals surface area contributed by atoms with Gasteiger partial charge in [-0.05, 0) is 48.0 Å². The van der Waals surface area contributed by atoms with E-state index in [1.807, 2.05) is 12.1 Å². The molecule has 0 aliphatic carbocycles. The standard InChI is InChI=1S/C19H21F3N2O2S/c20-19(21,22)27-17-6-1-4-15(12-17)13-18(25)24-8-3-7-23(9-10-24)14-16-5-2-11-26-16/h1-2,4-6,11-12H,3,7-10,13-14H2. The van der Waals surface area contributed by atoms with Crippen LogP contribution < -0.4 is 0 Å². The second-order valence-electron chi connectivity index (χ2n) is 6.46. The van der Waals surface area contributed by atoms with Crippen LogP contribution in [0, 0.1) is 0 Å². The van der Waals surface area contributed by atoms with Gasteiger partial charge in [0.15, 0.2) is 0 Å². The molecule has 0 N–H and O–H groups in total. The summed E-state index contributed by atoms with van der Waals surface area (Å²) in [7, 11) is 0. The fraction of sp³-hybridized carbons (Fsp3) is 0.421. The highest BCUT2D eigenvalue weighted by Gasteiger charge is 2.29. The Kier molecular flexibility index (Phi) is 6.49. The van der Waals surface area contributed by atoms with E-state index < -0.39 is 5.51 Å². The summed E-state index contributed by atoms with van der Waals surface area (Å²) in [6, 6.07) is 9.89. The summed E-state index contributed by atoms with van der Waals surface area (Å²) in [5.41, 5.74) is -3.73. The van der Waals surface area contributed by atoms with Gasteiger partial charge >= 0.3 is 5.51 Å². The van der Waals surface area contributed by atoms with Crippen molar-refractivity contribution in [3.05, 3.63) is 54.0 Å². The maximum atomic E-state index is 12.6. The average molecular weight is 398 g/mol. The number of benzene rings is 1. The molecule has 0 radical (unpaired) electrons. The molecule has 2 aromatic rings. The predicted octanol–water partition coefficient (Wildman–Crippen LogP) is 4.17. The van der Waals surface area contributed by atoms with Gasteiger partial charge in [0.2, 0.25) is 5.91 Å². The summed E-state index contributed by atoms with van der Waals surface area (Å²) in [6.45, 7) is 3.60. The largest absolute Gasteiger partial charge is 0.468 e. The van der Waals surface area contributed by atoms with Crippen molar-refractivity contribution in [2.24, 2.45) is 0 Å². The zero-order chi connectivity index (χ0) is 19.3. The zero-order valence-electron chi connectivity index (χ0n) is 14.7. The van der Waals surface area contributed by atoms with Crippen molar-refractivity contribution in [3.63, 3.8) is 0 Å². The van der Waals surface area contributed by atoms with Gasteiger partial charge in [-0.3, -0.25) is 9.69 Å². The zero-order valence-corrected chi connectivity index (χ0v) is 15.6. The number of halogens is 3. The number of rotatable bonds is 5. The van der Waals surface area contributed by atoms with Crippen LogP contribution in [0.1, 0.15) is 17.7 Å². The van der Waals surface area contributed by atoms with Crippen LogP contribution in [0.2, 0.25) is 0 Å². The molecule has 1 aliphatic rings. The minimum Gasteiger partial charge on any atom is -0.468 e. The first kappa shape index (κ1) is 19.8. The van der Waals surface area contributed by atoms with Crippen molar-refractivity contribution < 1.29 is 22.4 Å². The third-order valence-corrected chi connectivity index (χ3v) is 5.11. The molecule has 1 amide bonds. The van der Waals surface area contributed by atoms with Crippen molar-refractivity contribution in [1.29, 1.82) is 0 Å². The highest BCUT2D eigenvalue weighted by Crippen LogP contribution is 2.37. The molecule has 0 spiro atoms. The molecule has 0 atom stereocenters. The van der Waals surface area contributed by atoms with Crippen LogP contribution in [0.15, 0.2) is 52.0 Å². The first-order chi connectivity index (χ1) is 12.9. The number of furan rings is 1. The van der Waals surface area contributed by atoms with Crippen molar-refractivity contribution in [2.75, 3.05) is 26.2 Å². The lowest BCUT2D eigenvalue weighted by Gasteiger charge is -2.21. The van der Waals surface area contributed by atoms with Gasteiger partial charge < -0.3 is 9.32 Å². The predicted molar refractivity (Wildman–Crippen MR) is 97.2 cm³/mol. The minimum absolute atomic E-state index is 0.0518. The number of thioether (sulfide) groups is 1. The molecule has 1 aromatic heterocycles. The number of hydrogen-bond donors (Lipinski definition) is 0. The molecule has 4 nitrogen and oxygen atoms in total. The number of carbonyl (C=O) groups excluding carboxylic acids is 1. The molecule has 1 aromatic carbocycles. The van der Waals surface area contributed by atoms with E-state index in [0.29, 0.717) is 25.2 Å². The lowest BCUT2D eigenvalue weighted by atomic mass is 10.1. The Labute approximate surface area is 160 Å². The summed E-state index contributed by atoms with van der Waals surface area (Å²) in [5.74, 6) is 0.845. The molecule has 8 heteroatoms. The number of carbonyl (C=O) groups is 1. The first-order valence-electron chi connectivity index (χ1n) is 8.76. The summed E-state index contributed by atoms with van der Waals surface area (Å²) < 4.78 is 42.9. The Balaban J connectivity index is 1.54. The highest BCUT2D eigenvalue weighted by molar-refractivity contribution is 8.00. The second kappa shape index (κ2) is 8.84. The number of nitrogens with zero attached hydrogens (tertiary/aromatic N) is 2. The summed E-state index contributed by atoms with van der Waals surface area (Å²) in [5, 5.41) is 0. The van der Waals surface area contributed by atoms with E-state index >= 15 is 0 Å². The Morgan fingerprint density at radius 2 is 1.96 bits per heavy atom. The summed E-state index contributed by atoms with van der Waals surface area (Å²) >= 11 is -0.158. The first-order valence-corrected chi connectivity index (χ1v) is 9.58. The molecular formula is C19H21F3N2O2S. The molecular weight excluding hydrogens is 377 g/mol. The lowest BCUT2D eigenvalue weighted by molar-refractivity contribution is -0.130. The topological polar surface area (TPSA) is 36.7 Å². The fourth-order valence-electron chi connectivity index (χ4n) is 3.14. The van der Waals surface area contributed by atoms with Crippen LogP contribution >= 0.6 is 11.8 Å². The third kappa shape index (κ3) is 6.32. The molecule has 1 saturated heterocycles. The Hall–Kier alpha value is -1.93. The molecule has 3 rings (SSSR count). The van der Waals surface area contributed by atoms with Gasteiger partial charge in [0, 0.05) is 31.1 Å². The van der Waals surface area contributed by atoms with Crippen LogP contribution in [0.25, 0.3) is 0 Å². The number of alkyl halides is 3. The van der Waals surface area contributed by atoms with Crippen LogP contribution in [-0.4, -0.2) is 47.4 Å². The quantitative estimate of drug-likeness (QED) is 0.709. The summed E-state index contributed by atoms with van der Waals surface area (Å²) in [4.78, 5) is 16.7. The summed E-state index contributed by atoms with van der Waals surface area (Å²) in [6.07, 6.45) is 2.62. The third-order valence-electron chi connectivity index (χ3n) is 4.39. The SMILES string of the molecule is O=C(Cc1cccc(SC(F)(F)F)c1)N1CCCN(Cc2ccco2)CC1. The van der Waals surface area contributed by atoms with Gasteiger partial charge in [0.05, 0.1) is 19.2 Å². The lowest BCUT2D eigenvalue weighted by Crippen LogP contribution is -2.36. The van der Waals surface area contributed by atoms with Gasteiger partial charge in [-0.15, -0.1) is 0 Å². The van der Waals surface area contributed by atoms with E-state index in [1.165, 1.54) is 12.1 Å². The Morgan fingerprint density at radius 1 is 1.11 bits per heavy atom. The van der Waals surface area contributed by atoms with E-state index in [4.69, 9.17) is 4.42 Å². The molecule has 0 saturated carbocycles. The maximum absolute atomic E-state index is 12.6. The minimum atomic E-state index is -4.33. The van der Waals surface area contributed by atoms with Crippen LogP contribution in [0.3, 0.4) is 0 Å². The van der Waals surface area contributed by atoms with E-state index in [1.54, 1.807) is 23.3 Å². The van der Waals surface area contributed by atoms with Crippen molar-refractivity contribution in [2.45, 2.75) is 29.8 Å². The van der Waals surface area contributed by atoms with Gasteiger partial charge in [0.1, 0.15) is 5.76 Å². The van der Waals surface area contributed by atoms with Crippen molar-refractivity contribution in [3.8, 4) is 0 Å². The molecule has 1 aliphatic heterocycles. The van der Waals surface area contributed by atoms with Crippen molar-refractivity contribution in [1.82, 2.24) is 9.80 Å². The van der Waals surface area contributed by atoms with E-state index in [9.17, 15) is 18.0 Å². The van der Waals surface area contributed by atoms with Gasteiger partial charge in [-0.25, -0.2) is 0 Å². The highest BCUT2D eigenvalue weighted by atomic mass is 32.2. The molecule has 1 fully saturated rings. The van der Waals surface area contributed by atoms with E-state index in [2.05, 4.69) is 4.90 Å². The monoisotopic (exact) mass is 398 g/mol. The molecule has 146 valence electrons. The van der Waals surface area contributed by atoms with Crippen LogP contribution in [-0.2, 0) is 17.8 Å². The molecule has 27 heavy (non-hydrogen) atoms. The smallest absolute Gasteiger partial charge is 0.446 e. The van der Waals surface area contributed by atoms with Crippen LogP contribution in [0.4, 0.5) is 13.2 Å². The molecule has 0 bridgehead atoms. The maximum Gasteiger partial charge on any atom is 0.446 e. The number of hydrogen-bond acceptors (Lipinski definition) is 4. The van der Waals surface area contributed by atoms with Gasteiger partial charge in [-0.1, -0.05) is 12.1 Å². The van der Waals surface area contributed by atoms with Crippen molar-refractivity contribution >= 4 is 17.7 Å². The molecule has 2 heterocycles. The average Bonchev–Trinajstić information content (AvgIpc) is 2.98. The fourth-order valence-corrected chi connectivity index (χ4v) is 3.76. The van der Waals surface area contributed by atoms with E-state index in [-0.39, 0.29) is 29.0 Å². The Morgan fingerprint density at radius 3 is 2.70 bits per heavy atom. The molecule has 0 unspecified atom stereocenters. The second-order valence-corrected chi connectivity index (χ2v) is 7.60. The van der Waals surface area contributed by atoms with Gasteiger partial charge in [-0.2, -0.15) is 13.2 Å². The normalized spacial score (nSPS) is 16.3. The van der Waals surface area contributed by atoms with Gasteiger partial charge in [0.25, 0.3) is 0 Å². The Bertz CT molecular complexity index is 750. The van der Waals surface area contributed by atoms with Crippen LogP contribution in [0.5, 0.6) is 0 Å². The number of amides is 1. The van der Waals surface area contributed by atoms with E-state index in [0.717, 1.165) is 25.3 Å².